The van der Waals surface area contributed by atoms with E-state index in [0.29, 0.717) is 11.4 Å². The molecule has 1 heterocycles. The Hall–Kier alpha value is -2.23. The molecule has 0 aliphatic rings. The molecule has 0 spiro atoms. The topological polar surface area (TPSA) is 57.2 Å². The number of hydrogen-bond acceptors (Lipinski definition) is 3. The van der Waals surface area contributed by atoms with E-state index in [9.17, 15) is 4.79 Å². The van der Waals surface area contributed by atoms with Gasteiger partial charge in [-0.3, -0.25) is 0 Å². The van der Waals surface area contributed by atoms with Crippen LogP contribution < -0.4 is 5.73 Å². The molecule has 2 N–H and O–H groups in total. The molecule has 0 atom stereocenters. The Balaban J connectivity index is 2.54. The number of nitrogen functional groups attached to an aromatic ring is 1. The summed E-state index contributed by atoms with van der Waals surface area (Å²) in [5.74, 6) is -0.00372. The minimum atomic E-state index is -0.416. The van der Waals surface area contributed by atoms with Gasteiger partial charge < -0.3 is 15.0 Å². The molecule has 17 heavy (non-hydrogen) atoms. The van der Waals surface area contributed by atoms with Crippen LogP contribution in [0.2, 0.25) is 0 Å². The number of hydrogen-bond donors (Lipinski definition) is 1. The van der Waals surface area contributed by atoms with Crippen LogP contribution in [-0.4, -0.2) is 17.6 Å². The van der Waals surface area contributed by atoms with Crippen LogP contribution in [-0.2, 0) is 11.8 Å². The Labute approximate surface area is 99.6 Å². The maximum absolute atomic E-state index is 11.5. The molecule has 1 aromatic heterocycles. The van der Waals surface area contributed by atoms with Gasteiger partial charge in [-0.25, -0.2) is 4.79 Å². The van der Waals surface area contributed by atoms with Crippen molar-refractivity contribution in [3.8, 4) is 11.3 Å². The van der Waals surface area contributed by atoms with E-state index in [2.05, 4.69) is 4.74 Å². The number of nitrogens with two attached hydrogens (primary N) is 1. The number of carbonyl (C=O) groups excluding carboxylic acids is 1. The fourth-order valence-corrected chi connectivity index (χ4v) is 1.78. The first-order valence-corrected chi connectivity index (χ1v) is 5.24. The number of ether oxygens (including phenoxy) is 1. The molecule has 2 aromatic rings. The van der Waals surface area contributed by atoms with E-state index in [0.717, 1.165) is 11.3 Å². The van der Waals surface area contributed by atoms with E-state index < -0.39 is 5.97 Å². The van der Waals surface area contributed by atoms with Crippen molar-refractivity contribution in [3.05, 3.63) is 42.0 Å². The molecular weight excluding hydrogens is 216 g/mol. The van der Waals surface area contributed by atoms with Gasteiger partial charge in [0, 0.05) is 7.05 Å². The van der Waals surface area contributed by atoms with E-state index in [-0.39, 0.29) is 0 Å². The van der Waals surface area contributed by atoms with Gasteiger partial charge in [-0.15, -0.1) is 0 Å². The summed E-state index contributed by atoms with van der Waals surface area (Å²) in [5.41, 5.74) is 8.18. The van der Waals surface area contributed by atoms with Crippen LogP contribution in [0.3, 0.4) is 0 Å². The van der Waals surface area contributed by atoms with Crippen molar-refractivity contribution in [1.82, 2.24) is 4.57 Å². The number of aromatic nitrogens is 1. The van der Waals surface area contributed by atoms with Gasteiger partial charge in [-0.1, -0.05) is 30.3 Å². The van der Waals surface area contributed by atoms with Gasteiger partial charge in [0.15, 0.2) is 0 Å². The number of carbonyl (C=O) groups is 1. The number of methoxy groups -OCH3 is 1. The summed E-state index contributed by atoms with van der Waals surface area (Å²) in [4.78, 5) is 11.5. The van der Waals surface area contributed by atoms with Crippen molar-refractivity contribution in [3.63, 3.8) is 0 Å². The zero-order chi connectivity index (χ0) is 12.4. The largest absolute Gasteiger partial charge is 0.465 e. The Morgan fingerprint density at radius 1 is 1.29 bits per heavy atom. The minimum Gasteiger partial charge on any atom is -0.465 e. The van der Waals surface area contributed by atoms with Crippen molar-refractivity contribution < 1.29 is 9.53 Å². The maximum atomic E-state index is 11.5. The second kappa shape index (κ2) is 4.33. The molecular formula is C13H14N2O2. The third kappa shape index (κ3) is 1.89. The molecule has 0 aliphatic carbocycles. The molecule has 2 rings (SSSR count). The van der Waals surface area contributed by atoms with Crippen LogP contribution in [0.1, 0.15) is 10.4 Å². The second-order valence-electron chi connectivity index (χ2n) is 3.75. The Morgan fingerprint density at radius 2 is 1.94 bits per heavy atom. The first-order valence-electron chi connectivity index (χ1n) is 5.24. The lowest BCUT2D eigenvalue weighted by atomic mass is 10.1. The van der Waals surface area contributed by atoms with E-state index >= 15 is 0 Å². The molecule has 1 aromatic carbocycles. The van der Waals surface area contributed by atoms with Gasteiger partial charge in [-0.2, -0.15) is 0 Å². The fraction of sp³-hybridized carbons (Fsp3) is 0.154. The Bertz CT molecular complexity index is 544. The van der Waals surface area contributed by atoms with Crippen LogP contribution in [0, 0.1) is 0 Å². The molecule has 0 unspecified atom stereocenters. The van der Waals surface area contributed by atoms with E-state index in [1.807, 2.05) is 37.4 Å². The SMILES string of the molecule is COC(=O)c1cc(-c2ccccc2)n(C)c1N. The molecule has 0 fully saturated rings. The van der Waals surface area contributed by atoms with Gasteiger partial charge in [0.25, 0.3) is 0 Å². The summed E-state index contributed by atoms with van der Waals surface area (Å²) in [6.45, 7) is 0. The average Bonchev–Trinajstić information content (AvgIpc) is 2.67. The van der Waals surface area contributed by atoms with Crippen molar-refractivity contribution >= 4 is 11.8 Å². The predicted octanol–water partition coefficient (Wildman–Crippen LogP) is 2.06. The highest BCUT2D eigenvalue weighted by molar-refractivity contribution is 5.96. The molecule has 0 amide bonds. The number of anilines is 1. The molecule has 4 nitrogen and oxygen atoms in total. The second-order valence-corrected chi connectivity index (χ2v) is 3.75. The lowest BCUT2D eigenvalue weighted by molar-refractivity contribution is 0.0602. The third-order valence-corrected chi connectivity index (χ3v) is 2.75. The van der Waals surface area contributed by atoms with Gasteiger partial charge in [0.2, 0.25) is 0 Å². The minimum absolute atomic E-state index is 0.397. The lowest BCUT2D eigenvalue weighted by Crippen LogP contribution is -2.05. The smallest absolute Gasteiger partial charge is 0.341 e. The van der Waals surface area contributed by atoms with Gasteiger partial charge in [0.05, 0.1) is 12.8 Å². The quantitative estimate of drug-likeness (QED) is 0.803. The normalized spacial score (nSPS) is 10.2. The van der Waals surface area contributed by atoms with Gasteiger partial charge in [0.1, 0.15) is 11.4 Å². The van der Waals surface area contributed by atoms with Gasteiger partial charge >= 0.3 is 5.97 Å². The summed E-state index contributed by atoms with van der Waals surface area (Å²) in [6, 6.07) is 11.5. The van der Waals surface area contributed by atoms with E-state index in [4.69, 9.17) is 5.73 Å². The van der Waals surface area contributed by atoms with Gasteiger partial charge in [-0.05, 0) is 11.6 Å². The molecule has 0 aliphatic heterocycles. The Kier molecular flexibility index (Phi) is 2.87. The summed E-state index contributed by atoms with van der Waals surface area (Å²) >= 11 is 0. The van der Waals surface area contributed by atoms with Crippen molar-refractivity contribution in [2.75, 3.05) is 12.8 Å². The monoisotopic (exact) mass is 230 g/mol. The van der Waals surface area contributed by atoms with Crippen molar-refractivity contribution in [2.24, 2.45) is 7.05 Å². The molecule has 0 saturated heterocycles. The van der Waals surface area contributed by atoms with E-state index in [1.165, 1.54) is 7.11 Å². The molecule has 0 radical (unpaired) electrons. The third-order valence-electron chi connectivity index (χ3n) is 2.75. The maximum Gasteiger partial charge on any atom is 0.341 e. The summed E-state index contributed by atoms with van der Waals surface area (Å²) in [6.07, 6.45) is 0. The average molecular weight is 230 g/mol. The number of esters is 1. The highest BCUT2D eigenvalue weighted by Gasteiger charge is 2.17. The van der Waals surface area contributed by atoms with Crippen LogP contribution in [0.15, 0.2) is 36.4 Å². The van der Waals surface area contributed by atoms with Crippen LogP contribution >= 0.6 is 0 Å². The van der Waals surface area contributed by atoms with E-state index in [1.54, 1.807) is 10.6 Å². The molecule has 88 valence electrons. The predicted molar refractivity (Wildman–Crippen MR) is 66.6 cm³/mol. The number of rotatable bonds is 2. The lowest BCUT2D eigenvalue weighted by Gasteiger charge is -2.04. The van der Waals surface area contributed by atoms with Crippen LogP contribution in [0.25, 0.3) is 11.3 Å². The van der Waals surface area contributed by atoms with Crippen LogP contribution in [0.4, 0.5) is 5.82 Å². The zero-order valence-corrected chi connectivity index (χ0v) is 9.81. The summed E-state index contributed by atoms with van der Waals surface area (Å²) in [7, 11) is 3.17. The van der Waals surface area contributed by atoms with Crippen LogP contribution in [0.5, 0.6) is 0 Å². The highest BCUT2D eigenvalue weighted by Crippen LogP contribution is 2.26. The first-order chi connectivity index (χ1) is 8.15. The molecule has 0 saturated carbocycles. The zero-order valence-electron chi connectivity index (χ0n) is 9.81. The number of nitrogens with zero attached hydrogens (tertiary/aromatic N) is 1. The number of benzene rings is 1. The standard InChI is InChI=1S/C13H14N2O2/c1-15-11(9-6-4-3-5-7-9)8-10(12(15)14)13(16)17-2/h3-8H,14H2,1-2H3. The summed E-state index contributed by atoms with van der Waals surface area (Å²) in [5, 5.41) is 0. The van der Waals surface area contributed by atoms with Crippen molar-refractivity contribution in [1.29, 1.82) is 0 Å². The van der Waals surface area contributed by atoms with Crippen molar-refractivity contribution in [2.45, 2.75) is 0 Å². The highest BCUT2D eigenvalue weighted by atomic mass is 16.5. The first kappa shape index (κ1) is 11.3. The molecule has 4 heteroatoms. The summed E-state index contributed by atoms with van der Waals surface area (Å²) < 4.78 is 6.47. The molecule has 0 bridgehead atoms. The Morgan fingerprint density at radius 3 is 2.53 bits per heavy atom. The fourth-order valence-electron chi connectivity index (χ4n) is 1.78.